The summed E-state index contributed by atoms with van der Waals surface area (Å²) in [4.78, 5) is 15.6. The molecule has 2 aromatic rings. The number of ether oxygens (including phenoxy) is 1. The number of carbonyl (C=O) groups excluding carboxylic acids is 1. The summed E-state index contributed by atoms with van der Waals surface area (Å²) < 4.78 is 5.11. The van der Waals surface area contributed by atoms with E-state index in [1.807, 2.05) is 42.6 Å². The fourth-order valence-electron chi connectivity index (χ4n) is 1.51. The number of nitrogens with zero attached hydrogens (tertiary/aromatic N) is 1. The largest absolute Gasteiger partial charge is 0.459 e. The number of benzene rings is 1. The highest BCUT2D eigenvalue weighted by Crippen LogP contribution is 2.21. The Bertz CT molecular complexity index is 525. The number of para-hydroxylation sites is 1. The minimum Gasteiger partial charge on any atom is -0.459 e. The highest BCUT2D eigenvalue weighted by atomic mass is 32.1. The first-order chi connectivity index (χ1) is 9.28. The molecule has 0 radical (unpaired) electrons. The zero-order chi connectivity index (χ0) is 13.5. The normalized spacial score (nSPS) is 10.2. The molecule has 1 heterocycles. The second-order valence-electron chi connectivity index (χ2n) is 4.05. The molecule has 0 aliphatic rings. The number of nitrogens with one attached hydrogen (secondary N) is 1. The zero-order valence-corrected chi connectivity index (χ0v) is 11.6. The molecule has 0 atom stereocenters. The molecule has 0 bridgehead atoms. The lowest BCUT2D eigenvalue weighted by molar-refractivity contribution is -0.145. The first kappa shape index (κ1) is 13.5. The van der Waals surface area contributed by atoms with Crippen LogP contribution in [0.15, 0.2) is 35.7 Å². The molecule has 0 saturated carbocycles. The van der Waals surface area contributed by atoms with Crippen LogP contribution in [0.25, 0.3) is 0 Å². The van der Waals surface area contributed by atoms with Crippen molar-refractivity contribution in [3.8, 4) is 0 Å². The van der Waals surface area contributed by atoms with E-state index in [2.05, 4.69) is 10.3 Å². The first-order valence-electron chi connectivity index (χ1n) is 6.20. The van der Waals surface area contributed by atoms with Gasteiger partial charge in [-0.25, -0.2) is 4.98 Å². The van der Waals surface area contributed by atoms with Gasteiger partial charge in [0.25, 0.3) is 0 Å². The van der Waals surface area contributed by atoms with Gasteiger partial charge in [-0.2, -0.15) is 0 Å². The van der Waals surface area contributed by atoms with Gasteiger partial charge in [0.1, 0.15) is 6.61 Å². The van der Waals surface area contributed by atoms with Gasteiger partial charge in [-0.1, -0.05) is 25.1 Å². The number of hydrogen-bond donors (Lipinski definition) is 1. The van der Waals surface area contributed by atoms with Crippen molar-refractivity contribution in [2.24, 2.45) is 0 Å². The van der Waals surface area contributed by atoms with Crippen molar-refractivity contribution in [3.63, 3.8) is 0 Å². The molecule has 100 valence electrons. The Morgan fingerprint density at radius 1 is 1.37 bits per heavy atom. The summed E-state index contributed by atoms with van der Waals surface area (Å²) in [6.45, 7) is 2.19. The summed E-state index contributed by atoms with van der Waals surface area (Å²) in [5.74, 6) is -0.173. The van der Waals surface area contributed by atoms with Crippen LogP contribution in [0.2, 0.25) is 0 Å². The van der Waals surface area contributed by atoms with Crippen LogP contribution in [0.1, 0.15) is 25.5 Å². The molecule has 5 heteroatoms. The molecule has 0 amide bonds. The average Bonchev–Trinajstić information content (AvgIpc) is 2.86. The summed E-state index contributed by atoms with van der Waals surface area (Å²) in [6.07, 6.45) is 1.26. The summed E-state index contributed by atoms with van der Waals surface area (Å²) in [7, 11) is 0. The molecule has 1 N–H and O–H groups in total. The minimum absolute atomic E-state index is 0.173. The maximum atomic E-state index is 11.3. The second kappa shape index (κ2) is 6.89. The molecule has 1 aromatic heterocycles. The summed E-state index contributed by atoms with van der Waals surface area (Å²) in [6, 6.07) is 9.84. The number of rotatable bonds is 6. The highest BCUT2D eigenvalue weighted by Gasteiger charge is 2.05. The van der Waals surface area contributed by atoms with Gasteiger partial charge in [-0.05, 0) is 18.6 Å². The summed E-state index contributed by atoms with van der Waals surface area (Å²) in [5.41, 5.74) is 1.76. The number of thiazole rings is 1. The number of carbonyl (C=O) groups is 1. The highest BCUT2D eigenvalue weighted by molar-refractivity contribution is 7.13. The topological polar surface area (TPSA) is 51.2 Å². The maximum absolute atomic E-state index is 11.3. The Morgan fingerprint density at radius 2 is 2.16 bits per heavy atom. The molecular formula is C14H16N2O2S. The van der Waals surface area contributed by atoms with Crippen LogP contribution in [-0.4, -0.2) is 11.0 Å². The van der Waals surface area contributed by atoms with E-state index in [1.165, 1.54) is 11.3 Å². The van der Waals surface area contributed by atoms with Gasteiger partial charge in [0.05, 0.1) is 5.69 Å². The number of anilines is 2. The van der Waals surface area contributed by atoms with E-state index < -0.39 is 0 Å². The third-order valence-corrected chi connectivity index (χ3v) is 3.22. The average molecular weight is 276 g/mol. The fourth-order valence-corrected chi connectivity index (χ4v) is 2.22. The smallest absolute Gasteiger partial charge is 0.306 e. The van der Waals surface area contributed by atoms with Crippen LogP contribution in [0, 0.1) is 0 Å². The van der Waals surface area contributed by atoms with Gasteiger partial charge in [0, 0.05) is 17.5 Å². The standard InChI is InChI=1S/C14H16N2O2S/c1-2-6-13(17)18-9-12-10-19-14(16-12)15-11-7-4-3-5-8-11/h3-5,7-8,10H,2,6,9H2,1H3,(H,15,16). The Kier molecular flexibility index (Phi) is 4.92. The zero-order valence-electron chi connectivity index (χ0n) is 10.8. The quantitative estimate of drug-likeness (QED) is 0.817. The molecule has 2 rings (SSSR count). The minimum atomic E-state index is -0.173. The van der Waals surface area contributed by atoms with E-state index in [0.29, 0.717) is 6.42 Å². The van der Waals surface area contributed by atoms with Crippen molar-refractivity contribution in [3.05, 3.63) is 41.4 Å². The SMILES string of the molecule is CCCC(=O)OCc1csc(Nc2ccccc2)n1. The van der Waals surface area contributed by atoms with Gasteiger partial charge < -0.3 is 10.1 Å². The number of hydrogen-bond acceptors (Lipinski definition) is 5. The third kappa shape index (κ3) is 4.37. The molecule has 4 nitrogen and oxygen atoms in total. The Balaban J connectivity index is 1.87. The van der Waals surface area contributed by atoms with E-state index in [0.717, 1.165) is 22.9 Å². The van der Waals surface area contributed by atoms with Crippen molar-refractivity contribution in [1.29, 1.82) is 0 Å². The van der Waals surface area contributed by atoms with E-state index in [-0.39, 0.29) is 12.6 Å². The van der Waals surface area contributed by atoms with Crippen LogP contribution in [-0.2, 0) is 16.1 Å². The molecule has 1 aromatic carbocycles. The monoisotopic (exact) mass is 276 g/mol. The van der Waals surface area contributed by atoms with Crippen molar-refractivity contribution in [1.82, 2.24) is 4.98 Å². The van der Waals surface area contributed by atoms with Gasteiger partial charge in [-0.15, -0.1) is 11.3 Å². The lowest BCUT2D eigenvalue weighted by Crippen LogP contribution is -2.03. The van der Waals surface area contributed by atoms with Crippen molar-refractivity contribution < 1.29 is 9.53 Å². The Labute approximate surface area is 116 Å². The molecule has 19 heavy (non-hydrogen) atoms. The lowest BCUT2D eigenvalue weighted by atomic mass is 10.3. The van der Waals surface area contributed by atoms with E-state index in [4.69, 9.17) is 4.74 Å². The molecule has 0 fully saturated rings. The maximum Gasteiger partial charge on any atom is 0.306 e. The summed E-state index contributed by atoms with van der Waals surface area (Å²) in [5, 5.41) is 5.90. The van der Waals surface area contributed by atoms with Crippen LogP contribution < -0.4 is 5.32 Å². The molecule has 0 spiro atoms. The second-order valence-corrected chi connectivity index (χ2v) is 4.90. The molecule has 0 aliphatic carbocycles. The van der Waals surface area contributed by atoms with Crippen molar-refractivity contribution in [2.75, 3.05) is 5.32 Å². The Hall–Kier alpha value is -1.88. The lowest BCUT2D eigenvalue weighted by Gasteiger charge is -2.02. The van der Waals surface area contributed by atoms with Crippen molar-refractivity contribution in [2.45, 2.75) is 26.4 Å². The van der Waals surface area contributed by atoms with E-state index >= 15 is 0 Å². The van der Waals surface area contributed by atoms with Crippen LogP contribution >= 0.6 is 11.3 Å². The number of esters is 1. The Morgan fingerprint density at radius 3 is 2.89 bits per heavy atom. The molecule has 0 aliphatic heterocycles. The molecular weight excluding hydrogens is 260 g/mol. The van der Waals surface area contributed by atoms with Gasteiger partial charge >= 0.3 is 5.97 Å². The summed E-state index contributed by atoms with van der Waals surface area (Å²) >= 11 is 1.50. The third-order valence-electron chi connectivity index (χ3n) is 2.41. The van der Waals surface area contributed by atoms with E-state index in [9.17, 15) is 4.79 Å². The van der Waals surface area contributed by atoms with E-state index in [1.54, 1.807) is 0 Å². The molecule has 0 saturated heterocycles. The molecule has 0 unspecified atom stereocenters. The van der Waals surface area contributed by atoms with Gasteiger partial charge in [0.15, 0.2) is 5.13 Å². The fraction of sp³-hybridized carbons (Fsp3) is 0.286. The van der Waals surface area contributed by atoms with Gasteiger partial charge in [0.2, 0.25) is 0 Å². The van der Waals surface area contributed by atoms with Crippen molar-refractivity contribution >= 4 is 28.1 Å². The predicted molar refractivity (Wildman–Crippen MR) is 76.5 cm³/mol. The van der Waals surface area contributed by atoms with Crippen LogP contribution in [0.4, 0.5) is 10.8 Å². The van der Waals surface area contributed by atoms with Gasteiger partial charge in [-0.3, -0.25) is 4.79 Å². The van der Waals surface area contributed by atoms with Crippen LogP contribution in [0.5, 0.6) is 0 Å². The predicted octanol–water partition coefficient (Wildman–Crippen LogP) is 3.73. The number of aromatic nitrogens is 1. The van der Waals surface area contributed by atoms with Crippen LogP contribution in [0.3, 0.4) is 0 Å². The first-order valence-corrected chi connectivity index (χ1v) is 7.08.